The van der Waals surface area contributed by atoms with E-state index in [1.807, 2.05) is 0 Å². The zero-order chi connectivity index (χ0) is 14.5. The number of hydrogen-bond donors (Lipinski definition) is 0. The minimum absolute atomic E-state index is 0.0242. The van der Waals surface area contributed by atoms with E-state index < -0.39 is 16.0 Å². The highest BCUT2D eigenvalue weighted by molar-refractivity contribution is 7.89. The summed E-state index contributed by atoms with van der Waals surface area (Å²) in [7, 11) is -3.49. The molecule has 0 amide bonds. The Morgan fingerprint density at radius 3 is 2.63 bits per heavy atom. The van der Waals surface area contributed by atoms with E-state index in [1.165, 1.54) is 13.2 Å². The van der Waals surface area contributed by atoms with E-state index in [9.17, 15) is 13.2 Å². The molecule has 0 aromatic carbocycles. The first-order valence-corrected chi connectivity index (χ1v) is 7.65. The number of hydrogen-bond acceptors (Lipinski definition) is 5. The second-order valence-electron chi connectivity index (χ2n) is 4.29. The summed E-state index contributed by atoms with van der Waals surface area (Å²) < 4.78 is 35.0. The van der Waals surface area contributed by atoms with Crippen LogP contribution >= 0.6 is 0 Å². The van der Waals surface area contributed by atoms with Crippen molar-refractivity contribution in [3.05, 3.63) is 24.2 Å². The number of ether oxygens (including phenoxy) is 1. The van der Waals surface area contributed by atoms with Crippen LogP contribution in [0.25, 0.3) is 0 Å². The second kappa shape index (κ2) is 6.72. The maximum Gasteiger partial charge on any atom is 0.321 e. The molecule has 0 radical (unpaired) electrons. The van der Waals surface area contributed by atoms with Crippen molar-refractivity contribution in [2.45, 2.75) is 33.4 Å². The molecule has 0 aliphatic carbocycles. The first-order chi connectivity index (χ1) is 8.85. The molecule has 19 heavy (non-hydrogen) atoms. The zero-order valence-electron chi connectivity index (χ0n) is 11.3. The average molecular weight is 289 g/mol. The van der Waals surface area contributed by atoms with Crippen LogP contribution in [0, 0.1) is 0 Å². The van der Waals surface area contributed by atoms with Gasteiger partial charge in [0.2, 0.25) is 10.0 Å². The van der Waals surface area contributed by atoms with Crippen molar-refractivity contribution in [2.75, 3.05) is 12.3 Å². The Morgan fingerprint density at radius 1 is 1.47 bits per heavy atom. The summed E-state index contributed by atoms with van der Waals surface area (Å²) >= 11 is 0. The number of furan rings is 1. The highest BCUT2D eigenvalue weighted by atomic mass is 32.2. The Kier molecular flexibility index (Phi) is 5.56. The van der Waals surface area contributed by atoms with Gasteiger partial charge in [-0.25, -0.2) is 8.42 Å². The molecule has 0 unspecified atom stereocenters. The SMILES string of the molecule is CCS(=O)(=O)N(CC(=O)OC(C)C)Cc1ccco1. The molecule has 0 N–H and O–H groups in total. The van der Waals surface area contributed by atoms with Crippen LogP contribution in [0.4, 0.5) is 0 Å². The van der Waals surface area contributed by atoms with Gasteiger partial charge in [-0.1, -0.05) is 0 Å². The van der Waals surface area contributed by atoms with E-state index in [0.29, 0.717) is 5.76 Å². The third kappa shape index (κ3) is 5.04. The van der Waals surface area contributed by atoms with Gasteiger partial charge in [0.15, 0.2) is 0 Å². The lowest BCUT2D eigenvalue weighted by Gasteiger charge is -2.20. The van der Waals surface area contributed by atoms with E-state index in [-0.39, 0.29) is 24.9 Å². The molecule has 0 saturated heterocycles. The third-order valence-corrected chi connectivity index (χ3v) is 4.12. The van der Waals surface area contributed by atoms with Gasteiger partial charge < -0.3 is 9.15 Å². The molecule has 1 heterocycles. The summed E-state index contributed by atoms with van der Waals surface area (Å²) in [4.78, 5) is 11.6. The van der Waals surface area contributed by atoms with Crippen molar-refractivity contribution in [3.8, 4) is 0 Å². The maximum atomic E-state index is 11.9. The van der Waals surface area contributed by atoms with Crippen LogP contribution in [-0.2, 0) is 26.1 Å². The molecule has 0 spiro atoms. The van der Waals surface area contributed by atoms with Gasteiger partial charge in [0.25, 0.3) is 0 Å². The predicted molar refractivity (Wildman–Crippen MR) is 69.8 cm³/mol. The van der Waals surface area contributed by atoms with Crippen LogP contribution in [0.2, 0.25) is 0 Å². The van der Waals surface area contributed by atoms with Crippen molar-refractivity contribution in [2.24, 2.45) is 0 Å². The normalized spacial score (nSPS) is 12.1. The van der Waals surface area contributed by atoms with Gasteiger partial charge in [0.05, 0.1) is 24.7 Å². The topological polar surface area (TPSA) is 76.8 Å². The van der Waals surface area contributed by atoms with Gasteiger partial charge >= 0.3 is 5.97 Å². The Balaban J connectivity index is 2.79. The number of carbonyl (C=O) groups excluding carboxylic acids is 1. The van der Waals surface area contributed by atoms with Gasteiger partial charge in [-0.05, 0) is 32.9 Å². The fourth-order valence-electron chi connectivity index (χ4n) is 1.46. The molecule has 1 rings (SSSR count). The minimum Gasteiger partial charge on any atom is -0.468 e. The van der Waals surface area contributed by atoms with Crippen LogP contribution in [-0.4, -0.2) is 37.1 Å². The molecule has 108 valence electrons. The second-order valence-corrected chi connectivity index (χ2v) is 6.54. The average Bonchev–Trinajstić information content (AvgIpc) is 2.80. The summed E-state index contributed by atoms with van der Waals surface area (Å²) in [5.74, 6) is -0.171. The number of nitrogens with zero attached hydrogens (tertiary/aromatic N) is 1. The fraction of sp³-hybridized carbons (Fsp3) is 0.583. The monoisotopic (exact) mass is 289 g/mol. The van der Waals surface area contributed by atoms with Crippen LogP contribution in [0.5, 0.6) is 0 Å². The largest absolute Gasteiger partial charge is 0.468 e. The van der Waals surface area contributed by atoms with Crippen LogP contribution in [0.1, 0.15) is 26.5 Å². The highest BCUT2D eigenvalue weighted by Crippen LogP contribution is 2.11. The molecular weight excluding hydrogens is 270 g/mol. The molecule has 0 fully saturated rings. The summed E-state index contributed by atoms with van der Waals surface area (Å²) in [6.07, 6.45) is 1.18. The molecule has 0 bridgehead atoms. The molecule has 0 saturated carbocycles. The zero-order valence-corrected chi connectivity index (χ0v) is 12.1. The van der Waals surface area contributed by atoms with E-state index in [4.69, 9.17) is 9.15 Å². The summed E-state index contributed by atoms with van der Waals surface area (Å²) in [5.41, 5.74) is 0. The third-order valence-electron chi connectivity index (χ3n) is 2.34. The van der Waals surface area contributed by atoms with Crippen molar-refractivity contribution in [1.29, 1.82) is 0 Å². The Bertz CT molecular complexity index is 492. The van der Waals surface area contributed by atoms with Crippen molar-refractivity contribution in [3.63, 3.8) is 0 Å². The Hall–Kier alpha value is -1.34. The molecule has 1 aromatic heterocycles. The van der Waals surface area contributed by atoms with E-state index in [1.54, 1.807) is 26.0 Å². The maximum absolute atomic E-state index is 11.9. The van der Waals surface area contributed by atoms with Crippen LogP contribution in [0.3, 0.4) is 0 Å². The smallest absolute Gasteiger partial charge is 0.321 e. The molecule has 7 heteroatoms. The molecule has 0 aliphatic rings. The van der Waals surface area contributed by atoms with Crippen molar-refractivity contribution >= 4 is 16.0 Å². The number of sulfonamides is 1. The lowest BCUT2D eigenvalue weighted by atomic mass is 10.4. The first kappa shape index (κ1) is 15.7. The lowest BCUT2D eigenvalue weighted by molar-refractivity contribution is -0.147. The van der Waals surface area contributed by atoms with Crippen LogP contribution < -0.4 is 0 Å². The quantitative estimate of drug-likeness (QED) is 0.709. The minimum atomic E-state index is -3.49. The van der Waals surface area contributed by atoms with E-state index >= 15 is 0 Å². The van der Waals surface area contributed by atoms with Gasteiger partial charge in [-0.2, -0.15) is 4.31 Å². The highest BCUT2D eigenvalue weighted by Gasteiger charge is 2.25. The molecule has 6 nitrogen and oxygen atoms in total. The molecule has 1 aromatic rings. The molecule has 0 atom stereocenters. The fourth-order valence-corrected chi connectivity index (χ4v) is 2.45. The Morgan fingerprint density at radius 2 is 2.16 bits per heavy atom. The molecule has 0 aliphatic heterocycles. The summed E-state index contributed by atoms with van der Waals surface area (Å²) in [6, 6.07) is 3.32. The number of rotatable bonds is 7. The number of carbonyl (C=O) groups is 1. The van der Waals surface area contributed by atoms with E-state index in [2.05, 4.69) is 0 Å². The Labute approximate surface area is 113 Å². The van der Waals surface area contributed by atoms with Crippen LogP contribution in [0.15, 0.2) is 22.8 Å². The van der Waals surface area contributed by atoms with E-state index in [0.717, 1.165) is 4.31 Å². The van der Waals surface area contributed by atoms with Crippen molar-refractivity contribution in [1.82, 2.24) is 4.31 Å². The van der Waals surface area contributed by atoms with Gasteiger partial charge in [-0.15, -0.1) is 0 Å². The lowest BCUT2D eigenvalue weighted by Crippen LogP contribution is -2.37. The summed E-state index contributed by atoms with van der Waals surface area (Å²) in [6.45, 7) is 4.66. The standard InChI is InChI=1S/C12H19NO5S/c1-4-19(15,16)13(8-11-6-5-7-17-11)9-12(14)18-10(2)3/h5-7,10H,4,8-9H2,1-3H3. The van der Waals surface area contributed by atoms with Crippen molar-refractivity contribution < 1.29 is 22.4 Å². The predicted octanol–water partition coefficient (Wildman–Crippen LogP) is 1.38. The van der Waals surface area contributed by atoms with Gasteiger partial charge in [0, 0.05) is 0 Å². The van der Waals surface area contributed by atoms with Gasteiger partial charge in [0.1, 0.15) is 12.3 Å². The number of esters is 1. The summed E-state index contributed by atoms with van der Waals surface area (Å²) in [5, 5.41) is 0. The first-order valence-electron chi connectivity index (χ1n) is 6.05. The van der Waals surface area contributed by atoms with Gasteiger partial charge in [-0.3, -0.25) is 4.79 Å². The molecular formula is C12H19NO5S.